The van der Waals surface area contributed by atoms with Crippen LogP contribution in [0.5, 0.6) is 0 Å². The number of primary amides is 2. The van der Waals surface area contributed by atoms with Gasteiger partial charge in [-0.15, -0.1) is 0 Å². The lowest BCUT2D eigenvalue weighted by atomic mass is 9.89. The highest BCUT2D eigenvalue weighted by molar-refractivity contribution is 6.31. The fourth-order valence-electron chi connectivity index (χ4n) is 16.2. The Morgan fingerprint density at radius 2 is 1.38 bits per heavy atom. The molecule has 0 saturated carbocycles. The number of aryl methyl sites for hydroxylation is 1. The van der Waals surface area contributed by atoms with Crippen LogP contribution in [0.3, 0.4) is 0 Å². The van der Waals surface area contributed by atoms with Crippen LogP contribution in [0.2, 0.25) is 5.02 Å². The average Bonchev–Trinajstić information content (AvgIpc) is 1.70. The number of aliphatic hydroxyl groups excluding tert-OH is 1. The zero-order chi connectivity index (χ0) is 99.6. The van der Waals surface area contributed by atoms with Crippen molar-refractivity contribution >= 4 is 117 Å². The number of fused-ring (bicyclic) bond motifs is 1. The topological polar surface area (TPSA) is 523 Å². The van der Waals surface area contributed by atoms with Gasteiger partial charge in [-0.1, -0.05) is 130 Å². The summed E-state index contributed by atoms with van der Waals surface area (Å²) in [6.45, 7) is 22.7. The molecule has 39 heteroatoms. The van der Waals surface area contributed by atoms with Crippen molar-refractivity contribution in [1.29, 1.82) is 0 Å². The van der Waals surface area contributed by atoms with Crippen LogP contribution in [0, 0.1) is 42.3 Å². The number of likely N-dealkylation sites (N-methyl/N-ethyl adjacent to an activating group) is 2. The highest BCUT2D eigenvalue weighted by Crippen LogP contribution is 2.44. The van der Waals surface area contributed by atoms with Gasteiger partial charge in [0.25, 0.3) is 5.91 Å². The molecule has 3 heterocycles. The Kier molecular flexibility index (Phi) is 43.8. The van der Waals surface area contributed by atoms with Gasteiger partial charge in [-0.3, -0.25) is 57.6 Å². The summed E-state index contributed by atoms with van der Waals surface area (Å²) in [6.07, 6.45) is 0.786. The molecule has 0 radical (unpaired) electrons. The molecule has 1 aliphatic heterocycles. The first-order valence-electron chi connectivity index (χ1n) is 46.3. The summed E-state index contributed by atoms with van der Waals surface area (Å²) in [4.78, 5) is 199. The van der Waals surface area contributed by atoms with Crippen LogP contribution in [0.1, 0.15) is 186 Å². The van der Waals surface area contributed by atoms with Crippen molar-refractivity contribution in [2.75, 3.05) is 103 Å². The highest BCUT2D eigenvalue weighted by Gasteiger charge is 2.42. The van der Waals surface area contributed by atoms with Crippen LogP contribution in [-0.4, -0.2) is 254 Å². The molecule has 0 bridgehead atoms. The molecular formula is C96H140ClFN20O17. The summed E-state index contributed by atoms with van der Waals surface area (Å²) in [6, 6.07) is 14.7. The molecule has 14 amide bonds. The van der Waals surface area contributed by atoms with Gasteiger partial charge in [0.1, 0.15) is 54.3 Å². The van der Waals surface area contributed by atoms with E-state index in [0.29, 0.717) is 102 Å². The molecule has 11 atom stereocenters. The number of hydrogen-bond donors (Lipinski definition) is 15. The van der Waals surface area contributed by atoms with Gasteiger partial charge in [0, 0.05) is 139 Å². The third-order valence-corrected chi connectivity index (χ3v) is 24.3. The van der Waals surface area contributed by atoms with Gasteiger partial charge < -0.3 is 109 Å². The van der Waals surface area contributed by atoms with E-state index in [-0.39, 0.29) is 131 Å². The van der Waals surface area contributed by atoms with Gasteiger partial charge in [-0.2, -0.15) is 0 Å². The van der Waals surface area contributed by atoms with Gasteiger partial charge >= 0.3 is 12.1 Å². The minimum Gasteiger partial charge on any atom is -0.445 e. The van der Waals surface area contributed by atoms with Gasteiger partial charge in [0.15, 0.2) is 0 Å². The Balaban J connectivity index is 0.936. The number of imidazole rings is 1. The van der Waals surface area contributed by atoms with E-state index in [9.17, 15) is 67.4 Å². The van der Waals surface area contributed by atoms with E-state index in [1.807, 2.05) is 52.0 Å². The summed E-state index contributed by atoms with van der Waals surface area (Å²) in [5.74, 6) is -8.63. The van der Waals surface area contributed by atoms with E-state index >= 15 is 4.39 Å². The van der Waals surface area contributed by atoms with Crippen molar-refractivity contribution in [2.45, 2.75) is 227 Å². The van der Waals surface area contributed by atoms with Crippen LogP contribution in [-0.2, 0) is 68.8 Å². The molecular weight excluding hydrogens is 1760 g/mol. The molecule has 18 N–H and O–H groups in total. The number of carbonyl (C=O) groups excluding carboxylic acids is 13. The van der Waals surface area contributed by atoms with E-state index in [1.54, 1.807) is 104 Å². The van der Waals surface area contributed by atoms with Crippen molar-refractivity contribution in [2.24, 2.45) is 46.8 Å². The summed E-state index contributed by atoms with van der Waals surface area (Å²) < 4.78 is 32.6. The second-order valence-corrected chi connectivity index (χ2v) is 36.1. The Labute approximate surface area is 794 Å². The number of aromatic amines is 1. The fraction of sp³-hybridized carbons (Fsp3) is 0.552. The monoisotopic (exact) mass is 1900 g/mol. The quantitative estimate of drug-likeness (QED) is 0.0161. The second kappa shape index (κ2) is 53.8. The van der Waals surface area contributed by atoms with E-state index in [4.69, 9.17) is 53.0 Å². The van der Waals surface area contributed by atoms with Crippen LogP contribution in [0.4, 0.5) is 31.2 Å². The van der Waals surface area contributed by atoms with E-state index < -0.39 is 150 Å². The number of pyridine rings is 1. The van der Waals surface area contributed by atoms with Gasteiger partial charge in [-0.05, 0) is 142 Å². The number of nitrogens with two attached hydrogens (primary N) is 3. The lowest BCUT2D eigenvalue weighted by molar-refractivity contribution is -0.146. The number of amides is 14. The maximum absolute atomic E-state index is 15.1. The highest BCUT2D eigenvalue weighted by atomic mass is 35.5. The maximum atomic E-state index is 15.1. The molecule has 1 aliphatic rings. The maximum Gasteiger partial charge on any atom is 0.410 e. The summed E-state index contributed by atoms with van der Waals surface area (Å²) in [5.41, 5.74) is 22.8. The number of H-pyrrole nitrogens is 1. The second-order valence-electron chi connectivity index (χ2n) is 35.6. The minimum atomic E-state index is -1.41. The number of ether oxygens (including phenoxy) is 3. The SMILES string of the molecule is CCCN(CC[C@@H](C)C(=O)N[C@H](C)[C@@H](O)c1ccccc1)C(=O)C[C@@H](OC)[C@H]([C@@H](C)CC)N(C)C(=O)[C@@H](NC(=O)[C@H](C(C)C)N(C)C(=O)OCc1ccc(NC(=O)[C@H](CCCNC(N)=O)NC(=O)[C@@H](NC(=O)[C@H](CCC(N)=O)NC(=O)CCOCCC(=O)NCCNc2ncc(-c3cc(C)cc(F)c3)c(N3CCC(N)CC3)c2-c2nc3ccc(Cl)cc3[nH]2)C(C)C)cc1C(=O)NC)C(C)C. The third kappa shape index (κ3) is 32.9. The molecule has 4 aromatic carbocycles. The molecule has 0 spiro atoms. The van der Waals surface area contributed by atoms with Crippen molar-refractivity contribution in [3.63, 3.8) is 0 Å². The zero-order valence-electron chi connectivity index (χ0n) is 80.5. The Hall–Kier alpha value is -12.1. The van der Waals surface area contributed by atoms with Crippen molar-refractivity contribution in [3.8, 4) is 22.5 Å². The number of hydrogen-bond acceptors (Lipinski definition) is 22. The van der Waals surface area contributed by atoms with Crippen molar-refractivity contribution in [3.05, 3.63) is 124 Å². The Morgan fingerprint density at radius 1 is 0.704 bits per heavy atom. The molecule has 135 heavy (non-hydrogen) atoms. The first-order chi connectivity index (χ1) is 64.1. The Morgan fingerprint density at radius 3 is 2.01 bits per heavy atom. The lowest BCUT2D eigenvalue weighted by Crippen LogP contribution is -2.60. The van der Waals surface area contributed by atoms with Crippen molar-refractivity contribution < 1.29 is 86.0 Å². The lowest BCUT2D eigenvalue weighted by Gasteiger charge is -2.40. The first kappa shape index (κ1) is 110. The molecule has 740 valence electrons. The van der Waals surface area contributed by atoms with Gasteiger partial charge in [-0.25, -0.2) is 23.9 Å². The molecule has 2 aromatic heterocycles. The summed E-state index contributed by atoms with van der Waals surface area (Å²) in [5, 5.41) is 39.1. The Bertz CT molecular complexity index is 5000. The van der Waals surface area contributed by atoms with Crippen LogP contribution >= 0.6 is 11.6 Å². The number of carbonyl (C=O) groups is 13. The normalized spacial score (nSPS) is 14.7. The van der Waals surface area contributed by atoms with Gasteiger partial charge in [0.2, 0.25) is 59.1 Å². The molecule has 1 fully saturated rings. The molecule has 1 saturated heterocycles. The molecule has 0 aliphatic carbocycles. The van der Waals surface area contributed by atoms with Crippen LogP contribution < -0.4 is 75.3 Å². The van der Waals surface area contributed by atoms with Crippen LogP contribution in [0.15, 0.2) is 91.1 Å². The number of nitrogens with one attached hydrogen (secondary N) is 11. The average molecular weight is 1900 g/mol. The van der Waals surface area contributed by atoms with Gasteiger partial charge in [0.05, 0.1) is 66.2 Å². The number of aromatic nitrogens is 3. The summed E-state index contributed by atoms with van der Waals surface area (Å²) >= 11 is 6.41. The fourth-order valence-corrected chi connectivity index (χ4v) is 16.4. The number of urea groups is 1. The third-order valence-electron chi connectivity index (χ3n) is 24.0. The zero-order valence-corrected chi connectivity index (χ0v) is 81.3. The number of piperidine rings is 1. The van der Waals surface area contributed by atoms with E-state index in [1.165, 1.54) is 56.4 Å². The summed E-state index contributed by atoms with van der Waals surface area (Å²) in [7, 11) is 5.79. The number of anilines is 3. The predicted octanol–water partition coefficient (Wildman–Crippen LogP) is 7.98. The standard InChI is InChI=1S/C96H140ClFN20O17/c1-17-40-117(41-32-59(11)88(124)107-60(12)85(123)61-23-20-19-21-24-61)78(122)51-74(133-16)83(58(10)18-2)115(14)94(130)81(55(5)6)114-93(129)82(56(7)8)116(15)96(132)135-53-62-26-28-67(50-68(62)89(125)102-13)108-90(126)71(25-22-37-105-95(101)131)112-92(128)80(54(3)4)113-91(127)72(30-31-75(100)119)109-77(121)36-45-134-44-35-76(120)103-38-39-104-86-79(87-110-70-29-27-64(97)49-73(70)111-87)84(118-42-33-66(99)34-43-118)69(52-106-86)63-46-57(9)47-65(98)48-63/h19-21,23-24,26-29,46-50,52,54-56,58-60,66,71-72,74,80-83,85,123H,17-18,22,25,30-45,51,53,99H2,1-16H3,(H2,100,119)(H,102,125)(H,103,120)(H,104,106)(H,107,124)(H,108,126)(H,109,121)(H,110,111)(H,112,128)(H,113,127)(H,114,129)(H3,101,105,131)/t58-,59+,60+,71-,72-,74+,80-,81-,82-,83-,85+/m0/s1. The molecule has 7 rings (SSSR count). The number of aliphatic hydroxyl groups is 1. The molecule has 0 unspecified atom stereocenters. The largest absolute Gasteiger partial charge is 0.445 e. The van der Waals surface area contributed by atoms with E-state index in [0.717, 1.165) is 16.2 Å². The predicted molar refractivity (Wildman–Crippen MR) is 514 cm³/mol. The molecule has 37 nitrogen and oxygen atoms in total. The van der Waals surface area contributed by atoms with E-state index in [2.05, 4.69) is 63.1 Å². The first-order valence-corrected chi connectivity index (χ1v) is 46.7. The number of halogens is 2. The molecule has 6 aromatic rings. The van der Waals surface area contributed by atoms with Crippen molar-refractivity contribution in [1.82, 2.24) is 72.2 Å². The number of methoxy groups -OCH3 is 1. The smallest absolute Gasteiger partial charge is 0.410 e. The minimum absolute atomic E-state index is 0.00605. The number of benzene rings is 4. The van der Waals surface area contributed by atoms with Crippen LogP contribution in [0.25, 0.3) is 33.5 Å². The number of nitrogens with zero attached hydrogens (tertiary/aromatic N) is 6. The number of rotatable bonds is 53.